The van der Waals surface area contributed by atoms with E-state index in [1.54, 1.807) is 0 Å². The van der Waals surface area contributed by atoms with E-state index in [1.165, 1.54) is 5.56 Å². The Balaban J connectivity index is 1.48. The Kier molecular flexibility index (Phi) is 5.15. The number of ether oxygens (including phenoxy) is 2. The van der Waals surface area contributed by atoms with Gasteiger partial charge in [0.15, 0.2) is 11.5 Å². The van der Waals surface area contributed by atoms with Crippen molar-refractivity contribution < 1.29 is 14.3 Å². The van der Waals surface area contributed by atoms with Crippen molar-refractivity contribution in [3.63, 3.8) is 0 Å². The number of hydrogen-bond acceptors (Lipinski definition) is 4. The van der Waals surface area contributed by atoms with Gasteiger partial charge in [-0.15, -0.1) is 0 Å². The molecule has 3 aliphatic heterocycles. The second-order valence-corrected chi connectivity index (χ2v) is 8.14. The van der Waals surface area contributed by atoms with E-state index in [2.05, 4.69) is 34.1 Å². The second kappa shape index (κ2) is 8.07. The van der Waals surface area contributed by atoms with E-state index in [4.69, 9.17) is 9.47 Å². The molecule has 2 fully saturated rings. The largest absolute Gasteiger partial charge is 0.486 e. The minimum atomic E-state index is -0.227. The van der Waals surface area contributed by atoms with Crippen LogP contribution in [0.5, 0.6) is 11.5 Å². The summed E-state index contributed by atoms with van der Waals surface area (Å²) in [4.78, 5) is 18.0. The summed E-state index contributed by atoms with van der Waals surface area (Å²) in [5.74, 6) is 1.89. The molecule has 2 aromatic carbocycles. The number of nitrogens with zero attached hydrogens (tertiary/aromatic N) is 2. The number of amides is 1. The van der Waals surface area contributed by atoms with Gasteiger partial charge in [0.2, 0.25) is 5.91 Å². The summed E-state index contributed by atoms with van der Waals surface area (Å²) < 4.78 is 11.5. The predicted molar refractivity (Wildman–Crippen MR) is 111 cm³/mol. The molecule has 0 aromatic heterocycles. The summed E-state index contributed by atoms with van der Waals surface area (Å²) in [5.41, 5.74) is 2.30. The van der Waals surface area contributed by atoms with E-state index in [0.29, 0.717) is 13.2 Å². The van der Waals surface area contributed by atoms with E-state index < -0.39 is 0 Å². The standard InChI is InChI=1S/C24H28N2O3/c27-24(25-12-4-5-13-25)23(18-7-2-1-3-8-18)26-14-6-9-20(26)19-10-11-21-22(17-19)29-16-15-28-21/h1-3,7-8,10-11,17,20,23H,4-6,9,12-16H2. The highest BCUT2D eigenvalue weighted by Crippen LogP contribution is 2.42. The minimum absolute atomic E-state index is 0.211. The maximum absolute atomic E-state index is 13.6. The number of fused-ring (bicyclic) bond motifs is 1. The maximum atomic E-state index is 13.6. The molecule has 3 aliphatic rings. The normalized spacial score (nSPS) is 22.6. The van der Waals surface area contributed by atoms with Gasteiger partial charge in [-0.05, 0) is 55.5 Å². The van der Waals surface area contributed by atoms with Crippen LogP contribution >= 0.6 is 0 Å². The van der Waals surface area contributed by atoms with E-state index in [0.717, 1.165) is 62.4 Å². The highest BCUT2D eigenvalue weighted by Gasteiger charge is 2.39. The molecule has 5 nitrogen and oxygen atoms in total. The van der Waals surface area contributed by atoms with Gasteiger partial charge in [0.25, 0.3) is 0 Å². The molecule has 2 aromatic rings. The van der Waals surface area contributed by atoms with Crippen LogP contribution in [0, 0.1) is 0 Å². The smallest absolute Gasteiger partial charge is 0.244 e. The van der Waals surface area contributed by atoms with Crippen LogP contribution in [0.2, 0.25) is 0 Å². The molecule has 0 radical (unpaired) electrons. The Morgan fingerprint density at radius 1 is 0.897 bits per heavy atom. The van der Waals surface area contributed by atoms with Crippen LogP contribution in [0.4, 0.5) is 0 Å². The molecule has 5 rings (SSSR count). The number of benzene rings is 2. The molecule has 0 N–H and O–H groups in total. The summed E-state index contributed by atoms with van der Waals surface area (Å²) in [6.45, 7) is 3.88. The number of likely N-dealkylation sites (tertiary alicyclic amines) is 2. The molecule has 0 bridgehead atoms. The average molecular weight is 392 g/mol. The van der Waals surface area contributed by atoms with Crippen LogP contribution in [-0.4, -0.2) is 48.6 Å². The molecule has 2 unspecified atom stereocenters. The first-order valence-electron chi connectivity index (χ1n) is 10.8. The van der Waals surface area contributed by atoms with Crippen LogP contribution < -0.4 is 9.47 Å². The second-order valence-electron chi connectivity index (χ2n) is 8.14. The van der Waals surface area contributed by atoms with E-state index in [9.17, 15) is 4.79 Å². The number of hydrogen-bond donors (Lipinski definition) is 0. The zero-order chi connectivity index (χ0) is 19.6. The van der Waals surface area contributed by atoms with Crippen molar-refractivity contribution in [1.29, 1.82) is 0 Å². The monoisotopic (exact) mass is 392 g/mol. The van der Waals surface area contributed by atoms with E-state index in [1.807, 2.05) is 24.3 Å². The fraction of sp³-hybridized carbons (Fsp3) is 0.458. The minimum Gasteiger partial charge on any atom is -0.486 e. The number of rotatable bonds is 4. The predicted octanol–water partition coefficient (Wildman–Crippen LogP) is 3.96. The molecule has 1 amide bonds. The summed E-state index contributed by atoms with van der Waals surface area (Å²) in [7, 11) is 0. The molecular weight excluding hydrogens is 364 g/mol. The fourth-order valence-corrected chi connectivity index (χ4v) is 4.94. The zero-order valence-corrected chi connectivity index (χ0v) is 16.8. The van der Waals surface area contributed by atoms with Gasteiger partial charge in [-0.2, -0.15) is 0 Å². The molecule has 2 atom stereocenters. The third kappa shape index (κ3) is 3.60. The SMILES string of the molecule is O=C(C(c1ccccc1)N1CCCC1c1ccc2c(c1)OCCO2)N1CCCC1. The lowest BCUT2D eigenvalue weighted by Crippen LogP contribution is -2.41. The average Bonchev–Trinajstić information content (AvgIpc) is 3.47. The van der Waals surface area contributed by atoms with Gasteiger partial charge in [0, 0.05) is 19.1 Å². The Bertz CT molecular complexity index is 864. The van der Waals surface area contributed by atoms with Crippen molar-refractivity contribution >= 4 is 5.91 Å². The van der Waals surface area contributed by atoms with Crippen molar-refractivity contribution in [1.82, 2.24) is 9.80 Å². The first-order chi connectivity index (χ1) is 14.3. The van der Waals surface area contributed by atoms with Crippen LogP contribution in [0.15, 0.2) is 48.5 Å². The van der Waals surface area contributed by atoms with Crippen LogP contribution in [0.3, 0.4) is 0 Å². The van der Waals surface area contributed by atoms with Gasteiger partial charge in [0.05, 0.1) is 0 Å². The molecule has 152 valence electrons. The Hall–Kier alpha value is -2.53. The molecule has 2 saturated heterocycles. The summed E-state index contributed by atoms with van der Waals surface area (Å²) in [6, 6.07) is 16.5. The lowest BCUT2D eigenvalue weighted by molar-refractivity contribution is -0.136. The maximum Gasteiger partial charge on any atom is 0.244 e. The number of carbonyl (C=O) groups excluding carboxylic acids is 1. The zero-order valence-electron chi connectivity index (χ0n) is 16.8. The van der Waals surface area contributed by atoms with Gasteiger partial charge in [-0.1, -0.05) is 36.4 Å². The fourth-order valence-electron chi connectivity index (χ4n) is 4.94. The quantitative estimate of drug-likeness (QED) is 0.790. The lowest BCUT2D eigenvalue weighted by Gasteiger charge is -2.35. The molecule has 5 heteroatoms. The first kappa shape index (κ1) is 18.5. The van der Waals surface area contributed by atoms with Gasteiger partial charge >= 0.3 is 0 Å². The van der Waals surface area contributed by atoms with Crippen LogP contribution in [0.25, 0.3) is 0 Å². The Labute approximate surface area is 172 Å². The van der Waals surface area contributed by atoms with Gasteiger partial charge < -0.3 is 14.4 Å². The highest BCUT2D eigenvalue weighted by molar-refractivity contribution is 5.83. The summed E-state index contributed by atoms with van der Waals surface area (Å²) in [5, 5.41) is 0. The van der Waals surface area contributed by atoms with Gasteiger partial charge in [0.1, 0.15) is 19.3 Å². The van der Waals surface area contributed by atoms with Crippen molar-refractivity contribution in [3.8, 4) is 11.5 Å². The van der Waals surface area contributed by atoms with Crippen LogP contribution in [0.1, 0.15) is 48.9 Å². The van der Waals surface area contributed by atoms with Gasteiger partial charge in [-0.3, -0.25) is 9.69 Å². The van der Waals surface area contributed by atoms with E-state index in [-0.39, 0.29) is 18.0 Å². The summed E-state index contributed by atoms with van der Waals surface area (Å²) in [6.07, 6.45) is 4.36. The lowest BCUT2D eigenvalue weighted by atomic mass is 9.98. The third-order valence-electron chi connectivity index (χ3n) is 6.34. The number of carbonyl (C=O) groups is 1. The highest BCUT2D eigenvalue weighted by atomic mass is 16.6. The molecule has 0 saturated carbocycles. The van der Waals surface area contributed by atoms with Gasteiger partial charge in [-0.25, -0.2) is 0 Å². The molecule has 0 spiro atoms. The Morgan fingerprint density at radius 3 is 2.45 bits per heavy atom. The molecule has 0 aliphatic carbocycles. The van der Waals surface area contributed by atoms with Crippen molar-refractivity contribution in [2.75, 3.05) is 32.8 Å². The summed E-state index contributed by atoms with van der Waals surface area (Å²) >= 11 is 0. The van der Waals surface area contributed by atoms with Crippen molar-refractivity contribution in [2.24, 2.45) is 0 Å². The van der Waals surface area contributed by atoms with Crippen LogP contribution in [-0.2, 0) is 4.79 Å². The molecule has 29 heavy (non-hydrogen) atoms. The first-order valence-corrected chi connectivity index (χ1v) is 10.8. The van der Waals surface area contributed by atoms with E-state index >= 15 is 0 Å². The van der Waals surface area contributed by atoms with Crippen molar-refractivity contribution in [3.05, 3.63) is 59.7 Å². The van der Waals surface area contributed by atoms with Crippen molar-refractivity contribution in [2.45, 2.75) is 37.8 Å². The molecule has 3 heterocycles. The third-order valence-corrected chi connectivity index (χ3v) is 6.34. The topological polar surface area (TPSA) is 42.0 Å². The molecular formula is C24H28N2O3. The Morgan fingerprint density at radius 2 is 1.66 bits per heavy atom.